The first kappa shape index (κ1) is 29.1. The Balaban J connectivity index is 0.00000407. The Morgan fingerprint density at radius 3 is 2.00 bits per heavy atom. The Hall–Kier alpha value is -0.900. The lowest BCUT2D eigenvalue weighted by Crippen LogP contribution is -2.42. The van der Waals surface area contributed by atoms with Gasteiger partial charge in [0.25, 0.3) is 0 Å². The summed E-state index contributed by atoms with van der Waals surface area (Å²) in [6.45, 7) is 20.1. The molecule has 1 amide bonds. The van der Waals surface area contributed by atoms with Crippen LogP contribution in [0.5, 0.6) is 0 Å². The molecule has 1 unspecified atom stereocenters. The molecule has 0 saturated heterocycles. The Bertz CT molecular complexity index is 585. The average Bonchev–Trinajstić information content (AvgIpc) is 2.68. The Labute approximate surface area is 195 Å². The maximum absolute atomic E-state index is 13.4. The van der Waals surface area contributed by atoms with Gasteiger partial charge in [-0.1, -0.05) is 77.2 Å². The lowest BCUT2D eigenvalue weighted by atomic mass is 9.71. The predicted molar refractivity (Wildman–Crippen MR) is 134 cm³/mol. The third-order valence-electron chi connectivity index (χ3n) is 5.46. The molecule has 1 atom stereocenters. The number of carbonyl (C=O) groups is 1. The van der Waals surface area contributed by atoms with Crippen LogP contribution < -0.4 is 4.57 Å². The average molecular weight is 485 g/mol. The van der Waals surface area contributed by atoms with Gasteiger partial charge in [0.15, 0.2) is 12.4 Å². The molecule has 0 saturated carbocycles. The van der Waals surface area contributed by atoms with Crippen molar-refractivity contribution in [3.63, 3.8) is 0 Å². The summed E-state index contributed by atoms with van der Waals surface area (Å²) < 4.78 is 2.26. The van der Waals surface area contributed by atoms with Crippen molar-refractivity contribution in [3.05, 3.63) is 30.1 Å². The molecule has 1 aromatic rings. The number of aryl methyl sites for hydroxylation is 1. The summed E-state index contributed by atoms with van der Waals surface area (Å²) in [6, 6.07) is 4.34. The molecule has 0 bridgehead atoms. The third kappa shape index (κ3) is 11.5. The quantitative estimate of drug-likeness (QED) is 0.199. The molecule has 4 heteroatoms. The fraction of sp³-hybridized carbons (Fsp3) is 0.769. The molecule has 0 aliphatic carbocycles. The number of amides is 1. The topological polar surface area (TPSA) is 24.2 Å². The number of unbranched alkanes of at least 4 members (excludes halogenated alkanes) is 3. The summed E-state index contributed by atoms with van der Waals surface area (Å²) in [5, 5.41) is 0. The molecule has 30 heavy (non-hydrogen) atoms. The Morgan fingerprint density at radius 2 is 1.57 bits per heavy atom. The van der Waals surface area contributed by atoms with E-state index in [2.05, 4.69) is 100 Å². The van der Waals surface area contributed by atoms with Gasteiger partial charge in [-0.25, -0.2) is 4.57 Å². The van der Waals surface area contributed by atoms with Crippen LogP contribution in [0.2, 0.25) is 0 Å². The molecule has 3 nitrogen and oxygen atoms in total. The molecule has 0 spiro atoms. The van der Waals surface area contributed by atoms with Crippen molar-refractivity contribution in [1.29, 1.82) is 0 Å². The number of carbonyl (C=O) groups excluding carboxylic acids is 1. The van der Waals surface area contributed by atoms with Crippen molar-refractivity contribution in [2.24, 2.45) is 16.7 Å². The Kier molecular flexibility index (Phi) is 13.8. The van der Waals surface area contributed by atoms with Gasteiger partial charge >= 0.3 is 0 Å². The molecule has 0 radical (unpaired) electrons. The monoisotopic (exact) mass is 483 g/mol. The van der Waals surface area contributed by atoms with Crippen LogP contribution in [0.1, 0.15) is 93.1 Å². The lowest BCUT2D eigenvalue weighted by molar-refractivity contribution is -0.697. The second-order valence-electron chi connectivity index (χ2n) is 10.5. The van der Waals surface area contributed by atoms with E-state index in [-0.39, 0.29) is 16.7 Å². The zero-order valence-electron chi connectivity index (χ0n) is 21.2. The molecule has 0 aliphatic heterocycles. The summed E-state index contributed by atoms with van der Waals surface area (Å²) in [6.07, 6.45) is 10.4. The van der Waals surface area contributed by atoms with Crippen molar-refractivity contribution in [2.75, 3.05) is 12.4 Å². The fourth-order valence-corrected chi connectivity index (χ4v) is 3.63. The molecule has 1 heterocycles. The number of hydrogen-bond donors (Lipinski definition) is 0. The predicted octanol–water partition coefficient (Wildman–Crippen LogP) is 7.01. The van der Waals surface area contributed by atoms with Crippen LogP contribution in [0.25, 0.3) is 0 Å². The van der Waals surface area contributed by atoms with Gasteiger partial charge in [-0.2, -0.15) is 0 Å². The van der Waals surface area contributed by atoms with Gasteiger partial charge < -0.3 is 4.90 Å². The van der Waals surface area contributed by atoms with Crippen LogP contribution in [0.4, 0.5) is 0 Å². The minimum Gasteiger partial charge on any atom is -0.338 e. The highest BCUT2D eigenvalue weighted by Gasteiger charge is 2.36. The maximum Gasteiger partial charge on any atom is 0.226 e. The largest absolute Gasteiger partial charge is 0.338 e. The summed E-state index contributed by atoms with van der Waals surface area (Å²) in [7, 11) is 0. The van der Waals surface area contributed by atoms with Crippen molar-refractivity contribution >= 4 is 21.8 Å². The van der Waals surface area contributed by atoms with E-state index in [1.54, 1.807) is 0 Å². The molecule has 1 rings (SSSR count). The standard InChI is InChI=1S/C25H45N2O.CH3Br/c1-9-11-12-13-16-26-17-14-21(15-18-26)20-27(10-2)23(28)22(25(6,7)8)19-24(3,4)5;1-2/h14-15,17-18,22H,9-13,16,19-20H2,1-8H3;1H3/q+1;. The van der Waals surface area contributed by atoms with Gasteiger partial charge in [0.2, 0.25) is 5.91 Å². The third-order valence-corrected chi connectivity index (χ3v) is 5.46. The first-order valence-electron chi connectivity index (χ1n) is 11.6. The van der Waals surface area contributed by atoms with Gasteiger partial charge in [0, 0.05) is 37.6 Å². The molecule has 174 valence electrons. The van der Waals surface area contributed by atoms with Gasteiger partial charge in [-0.3, -0.25) is 4.79 Å². The van der Waals surface area contributed by atoms with E-state index < -0.39 is 0 Å². The molecule has 1 aromatic heterocycles. The SMILES string of the molecule is CBr.CCCCCC[n+]1ccc(CN(CC)C(=O)C(CC(C)(C)C)C(C)(C)C)cc1. The molecule has 0 fully saturated rings. The van der Waals surface area contributed by atoms with E-state index in [0.717, 1.165) is 19.5 Å². The zero-order chi connectivity index (χ0) is 23.4. The van der Waals surface area contributed by atoms with Crippen LogP contribution in [0.3, 0.4) is 0 Å². The molecular formula is C26H48BrN2O+. The first-order valence-corrected chi connectivity index (χ1v) is 13.2. The van der Waals surface area contributed by atoms with E-state index >= 15 is 0 Å². The van der Waals surface area contributed by atoms with Crippen molar-refractivity contribution in [1.82, 2.24) is 4.90 Å². The number of halogens is 1. The highest BCUT2D eigenvalue weighted by molar-refractivity contribution is 9.08. The second-order valence-corrected chi connectivity index (χ2v) is 10.5. The highest BCUT2D eigenvalue weighted by atomic mass is 79.9. The van der Waals surface area contributed by atoms with Crippen LogP contribution in [0, 0.1) is 16.7 Å². The van der Waals surface area contributed by atoms with Crippen molar-refractivity contribution in [2.45, 2.75) is 101 Å². The summed E-state index contributed by atoms with van der Waals surface area (Å²) in [4.78, 5) is 15.4. The minimum absolute atomic E-state index is 0.0318. The van der Waals surface area contributed by atoms with Crippen LogP contribution in [-0.2, 0) is 17.9 Å². The first-order chi connectivity index (χ1) is 14.0. The lowest BCUT2D eigenvalue weighted by Gasteiger charge is -2.37. The number of rotatable bonds is 10. The maximum atomic E-state index is 13.4. The smallest absolute Gasteiger partial charge is 0.226 e. The number of hydrogen-bond acceptors (Lipinski definition) is 1. The number of nitrogens with zero attached hydrogens (tertiary/aromatic N) is 2. The van der Waals surface area contributed by atoms with E-state index in [1.807, 2.05) is 10.7 Å². The molecule has 0 N–H and O–H groups in total. The van der Waals surface area contributed by atoms with Gasteiger partial charge in [0.1, 0.15) is 6.54 Å². The minimum atomic E-state index is -0.0318. The van der Waals surface area contributed by atoms with E-state index in [4.69, 9.17) is 0 Å². The van der Waals surface area contributed by atoms with Crippen LogP contribution >= 0.6 is 15.9 Å². The van der Waals surface area contributed by atoms with E-state index in [9.17, 15) is 4.79 Å². The summed E-state index contributed by atoms with van der Waals surface area (Å²) in [5.74, 6) is 2.15. The number of pyridine rings is 1. The molecule has 0 aliphatic rings. The molecular weight excluding hydrogens is 436 g/mol. The number of alkyl halides is 1. The fourth-order valence-electron chi connectivity index (χ4n) is 3.63. The summed E-state index contributed by atoms with van der Waals surface area (Å²) >= 11 is 2.94. The van der Waals surface area contributed by atoms with E-state index in [0.29, 0.717) is 12.5 Å². The van der Waals surface area contributed by atoms with E-state index in [1.165, 1.54) is 31.2 Å². The van der Waals surface area contributed by atoms with Gasteiger partial charge in [-0.05, 0) is 42.0 Å². The van der Waals surface area contributed by atoms with Crippen molar-refractivity contribution < 1.29 is 9.36 Å². The van der Waals surface area contributed by atoms with Crippen LogP contribution in [-0.4, -0.2) is 23.2 Å². The Morgan fingerprint density at radius 1 is 1.00 bits per heavy atom. The normalized spacial score (nSPS) is 12.7. The number of aromatic nitrogens is 1. The van der Waals surface area contributed by atoms with Crippen molar-refractivity contribution in [3.8, 4) is 0 Å². The highest BCUT2D eigenvalue weighted by Crippen LogP contribution is 2.37. The van der Waals surface area contributed by atoms with Gasteiger partial charge in [0.05, 0.1) is 0 Å². The second kappa shape index (κ2) is 14.2. The zero-order valence-corrected chi connectivity index (χ0v) is 22.8. The van der Waals surface area contributed by atoms with Gasteiger partial charge in [-0.15, -0.1) is 0 Å². The van der Waals surface area contributed by atoms with Crippen LogP contribution in [0.15, 0.2) is 24.5 Å². The summed E-state index contributed by atoms with van der Waals surface area (Å²) in [5.41, 5.74) is 1.32. The molecule has 0 aromatic carbocycles.